The van der Waals surface area contributed by atoms with Gasteiger partial charge in [-0.15, -0.1) is 10.2 Å². The molecule has 0 bridgehead atoms. The molecule has 4 aromatic rings. The fraction of sp³-hybridized carbons (Fsp3) is 0.0417. The first kappa shape index (κ1) is 18.3. The zero-order valence-corrected chi connectivity index (χ0v) is 16.7. The van der Waals surface area contributed by atoms with E-state index in [1.165, 1.54) is 11.3 Å². The molecule has 30 heavy (non-hydrogen) atoms. The molecule has 0 radical (unpaired) electrons. The smallest absolute Gasteiger partial charge is 0.271 e. The summed E-state index contributed by atoms with van der Waals surface area (Å²) in [5, 5.41) is 18.6. The van der Waals surface area contributed by atoms with Crippen LogP contribution in [-0.2, 0) is 0 Å². The Morgan fingerprint density at radius 3 is 2.37 bits per heavy atom. The van der Waals surface area contributed by atoms with Crippen molar-refractivity contribution in [3.8, 4) is 5.75 Å². The van der Waals surface area contributed by atoms with E-state index in [1.54, 1.807) is 28.8 Å². The molecule has 1 N–H and O–H groups in total. The van der Waals surface area contributed by atoms with Gasteiger partial charge in [-0.25, -0.2) is 0 Å². The van der Waals surface area contributed by atoms with Crippen LogP contribution in [0.1, 0.15) is 22.7 Å². The Morgan fingerprint density at radius 2 is 1.63 bits per heavy atom. The van der Waals surface area contributed by atoms with Crippen molar-refractivity contribution in [2.24, 2.45) is 10.2 Å². The summed E-state index contributed by atoms with van der Waals surface area (Å²) in [4.78, 5) is 14.0. The first-order chi connectivity index (χ1) is 14.7. The predicted molar refractivity (Wildman–Crippen MR) is 119 cm³/mol. The number of nitrogens with zero attached hydrogens (tertiary/aromatic N) is 3. The highest BCUT2D eigenvalue weighted by Gasteiger charge is 2.28. The van der Waals surface area contributed by atoms with Crippen molar-refractivity contribution in [3.05, 3.63) is 121 Å². The van der Waals surface area contributed by atoms with Gasteiger partial charge in [0.15, 0.2) is 0 Å². The third-order valence-electron chi connectivity index (χ3n) is 4.95. The molecule has 1 aromatic heterocycles. The number of aromatic hydroxyl groups is 1. The van der Waals surface area contributed by atoms with E-state index in [2.05, 4.69) is 10.2 Å². The van der Waals surface area contributed by atoms with Crippen molar-refractivity contribution in [1.82, 2.24) is 4.57 Å². The van der Waals surface area contributed by atoms with Crippen LogP contribution < -0.4 is 14.9 Å². The van der Waals surface area contributed by atoms with Gasteiger partial charge in [-0.2, -0.15) is 0 Å². The van der Waals surface area contributed by atoms with Gasteiger partial charge in [-0.3, -0.25) is 9.36 Å². The van der Waals surface area contributed by atoms with Crippen LogP contribution in [0.2, 0.25) is 0 Å². The Kier molecular flexibility index (Phi) is 4.61. The van der Waals surface area contributed by atoms with Crippen LogP contribution in [0.4, 0.5) is 0 Å². The molecule has 0 saturated heterocycles. The lowest BCUT2D eigenvalue weighted by Gasteiger charge is -2.22. The summed E-state index contributed by atoms with van der Waals surface area (Å²) >= 11 is 1.30. The Bertz CT molecular complexity index is 1420. The summed E-state index contributed by atoms with van der Waals surface area (Å²) in [6.07, 6.45) is 1.78. The third-order valence-corrected chi connectivity index (χ3v) is 5.92. The molecular weight excluding hydrogens is 394 g/mol. The van der Waals surface area contributed by atoms with Crippen molar-refractivity contribution in [3.63, 3.8) is 0 Å². The fourth-order valence-corrected chi connectivity index (χ4v) is 4.54. The molecule has 0 aliphatic carbocycles. The van der Waals surface area contributed by atoms with Crippen molar-refractivity contribution < 1.29 is 5.11 Å². The number of fused-ring (bicyclic) bond motifs is 1. The van der Waals surface area contributed by atoms with Crippen LogP contribution in [0, 0.1) is 0 Å². The fourth-order valence-electron chi connectivity index (χ4n) is 3.59. The molecule has 146 valence electrons. The summed E-state index contributed by atoms with van der Waals surface area (Å²) in [6.45, 7) is 0. The number of hydrogen-bond donors (Lipinski definition) is 1. The lowest BCUT2D eigenvalue weighted by atomic mass is 9.96. The van der Waals surface area contributed by atoms with E-state index in [-0.39, 0.29) is 17.4 Å². The van der Waals surface area contributed by atoms with Gasteiger partial charge in [0.1, 0.15) is 11.8 Å². The van der Waals surface area contributed by atoms with Crippen LogP contribution in [0.5, 0.6) is 5.75 Å². The summed E-state index contributed by atoms with van der Waals surface area (Å²) < 4.78 is 2.26. The minimum absolute atomic E-state index is 0.126. The standard InChI is InChI=1S/C24H17N3O2S/c28-19-13-7-8-16(14-19)15-20-23(29)27-22(18-11-5-2-6-12-18)21(25-26-24(27)30-20)17-9-3-1-4-10-17/h1-15,22,28H/b20-15+/t22-/m1/s1. The maximum absolute atomic E-state index is 13.4. The molecule has 0 unspecified atom stereocenters. The van der Waals surface area contributed by atoms with E-state index in [9.17, 15) is 9.90 Å². The lowest BCUT2D eigenvalue weighted by molar-refractivity contribution is 0.475. The summed E-state index contributed by atoms with van der Waals surface area (Å²) in [5.74, 6) is 0.159. The molecule has 0 amide bonds. The monoisotopic (exact) mass is 411 g/mol. The average Bonchev–Trinajstić information content (AvgIpc) is 3.10. The molecule has 1 atom stereocenters. The van der Waals surface area contributed by atoms with E-state index in [0.29, 0.717) is 9.33 Å². The van der Waals surface area contributed by atoms with E-state index in [4.69, 9.17) is 0 Å². The normalized spacial score (nSPS) is 15.9. The molecule has 0 saturated carbocycles. The van der Waals surface area contributed by atoms with Crippen LogP contribution in [0.25, 0.3) is 6.08 Å². The highest BCUT2D eigenvalue weighted by Crippen LogP contribution is 2.24. The van der Waals surface area contributed by atoms with Gasteiger partial charge in [0.2, 0.25) is 4.80 Å². The zero-order valence-electron chi connectivity index (χ0n) is 15.8. The van der Waals surface area contributed by atoms with Crippen molar-refractivity contribution in [2.45, 2.75) is 6.04 Å². The first-order valence-corrected chi connectivity index (χ1v) is 10.3. The maximum atomic E-state index is 13.4. The van der Waals surface area contributed by atoms with Crippen LogP contribution >= 0.6 is 11.3 Å². The molecule has 1 aliphatic rings. The maximum Gasteiger partial charge on any atom is 0.271 e. The van der Waals surface area contributed by atoms with Crippen LogP contribution in [0.15, 0.2) is 99.9 Å². The third kappa shape index (κ3) is 3.27. The highest BCUT2D eigenvalue weighted by atomic mass is 32.1. The van der Waals surface area contributed by atoms with E-state index in [0.717, 1.165) is 22.4 Å². The molecule has 5 nitrogen and oxygen atoms in total. The van der Waals surface area contributed by atoms with Crippen LogP contribution in [0.3, 0.4) is 0 Å². The SMILES string of the molecule is O=c1/c(=C\c2cccc(O)c2)sc2n1[C@H](c1ccccc1)C(c1ccccc1)=NN=2. The topological polar surface area (TPSA) is 66.9 Å². The molecule has 2 heterocycles. The second-order valence-corrected chi connectivity index (χ2v) is 7.94. The summed E-state index contributed by atoms with van der Waals surface area (Å²) in [7, 11) is 0. The number of thiazole rings is 1. The van der Waals surface area contributed by atoms with Gasteiger partial charge in [0.05, 0.1) is 10.2 Å². The largest absolute Gasteiger partial charge is 0.508 e. The number of rotatable bonds is 3. The lowest BCUT2D eigenvalue weighted by Crippen LogP contribution is -2.40. The predicted octanol–water partition coefficient (Wildman–Crippen LogP) is 3.07. The number of phenols is 1. The Balaban J connectivity index is 1.73. The van der Waals surface area contributed by atoms with Crippen molar-refractivity contribution in [2.75, 3.05) is 0 Å². The quantitative estimate of drug-likeness (QED) is 0.563. The van der Waals surface area contributed by atoms with E-state index in [1.807, 2.05) is 66.7 Å². The molecule has 0 spiro atoms. The van der Waals surface area contributed by atoms with Gasteiger partial charge >= 0.3 is 0 Å². The van der Waals surface area contributed by atoms with Crippen molar-refractivity contribution in [1.29, 1.82) is 0 Å². The minimum Gasteiger partial charge on any atom is -0.508 e. The summed E-state index contributed by atoms with van der Waals surface area (Å²) in [5.41, 5.74) is 3.27. The number of aromatic nitrogens is 1. The first-order valence-electron chi connectivity index (χ1n) is 9.49. The second kappa shape index (κ2) is 7.57. The Morgan fingerprint density at radius 1 is 0.900 bits per heavy atom. The molecule has 0 fully saturated rings. The minimum atomic E-state index is -0.365. The van der Waals surface area contributed by atoms with E-state index >= 15 is 0 Å². The van der Waals surface area contributed by atoms with Crippen molar-refractivity contribution >= 4 is 23.1 Å². The zero-order chi connectivity index (χ0) is 20.5. The number of hydrogen-bond acceptors (Lipinski definition) is 5. The van der Waals surface area contributed by atoms with Gasteiger partial charge < -0.3 is 5.11 Å². The Hall–Kier alpha value is -3.77. The Labute approximate surface area is 176 Å². The van der Waals surface area contributed by atoms with Gasteiger partial charge in [-0.05, 0) is 29.3 Å². The number of benzene rings is 3. The van der Waals surface area contributed by atoms with Crippen LogP contribution in [-0.4, -0.2) is 15.4 Å². The molecule has 3 aromatic carbocycles. The molecule has 1 aliphatic heterocycles. The molecule has 5 rings (SSSR count). The average molecular weight is 411 g/mol. The molecule has 6 heteroatoms. The van der Waals surface area contributed by atoms with Gasteiger partial charge in [-0.1, -0.05) is 84.1 Å². The van der Waals surface area contributed by atoms with Gasteiger partial charge in [0.25, 0.3) is 5.56 Å². The highest BCUT2D eigenvalue weighted by molar-refractivity contribution is 7.07. The number of phenolic OH excluding ortho intramolecular Hbond substituents is 1. The van der Waals surface area contributed by atoms with E-state index < -0.39 is 0 Å². The van der Waals surface area contributed by atoms with Gasteiger partial charge in [0, 0.05) is 5.56 Å². The summed E-state index contributed by atoms with van der Waals surface area (Å²) in [6, 6.07) is 26.1. The molecular formula is C24H17N3O2S. The second-order valence-electron chi connectivity index (χ2n) is 6.93.